The number of nitrogens with one attached hydrogen (secondary N) is 1. The van der Waals surface area contributed by atoms with E-state index in [0.717, 1.165) is 12.1 Å². The van der Waals surface area contributed by atoms with Crippen molar-refractivity contribution in [1.82, 2.24) is 10.2 Å². The average molecular weight is 413 g/mol. The second-order valence-corrected chi connectivity index (χ2v) is 6.37. The largest absolute Gasteiger partial charge is 0.418 e. The Kier molecular flexibility index (Phi) is 5.72. The number of halogens is 3. The maximum Gasteiger partial charge on any atom is 0.417 e. The molecule has 7 nitrogen and oxygen atoms in total. The molecule has 1 unspecified atom stereocenters. The Morgan fingerprint density at radius 3 is 2.33 bits per heavy atom. The van der Waals surface area contributed by atoms with E-state index >= 15 is 0 Å². The van der Waals surface area contributed by atoms with E-state index in [1.54, 1.807) is 24.3 Å². The molecule has 0 saturated carbocycles. The summed E-state index contributed by atoms with van der Waals surface area (Å²) in [5.74, 6) is 0.0834. The highest BCUT2D eigenvalue weighted by Crippen LogP contribution is 2.34. The van der Waals surface area contributed by atoms with Gasteiger partial charge in [-0.15, -0.1) is 10.2 Å². The number of benzene rings is 2. The first-order valence-electron chi connectivity index (χ1n) is 8.63. The third kappa shape index (κ3) is 4.40. The lowest BCUT2D eigenvalue weighted by Gasteiger charge is -2.20. The molecule has 2 atom stereocenters. The Morgan fingerprint density at radius 1 is 1.07 bits per heavy atom. The molecular weight excluding hydrogens is 399 g/mol. The van der Waals surface area contributed by atoms with Crippen LogP contribution in [0.3, 0.4) is 0 Å². The number of anilines is 1. The van der Waals surface area contributed by atoms with Gasteiger partial charge in [0.15, 0.2) is 0 Å². The third-order valence-electron chi connectivity index (χ3n) is 4.22. The molecule has 0 aliphatic heterocycles. The molecule has 2 aromatic carbocycles. The third-order valence-corrected chi connectivity index (χ3v) is 4.22. The van der Waals surface area contributed by atoms with E-state index < -0.39 is 29.4 Å². The fraction of sp³-hybridized carbons (Fsp3) is 0.200. The van der Waals surface area contributed by atoms with Crippen LogP contribution in [0.15, 0.2) is 46.9 Å². The molecular formula is C20H14F3N5O2. The van der Waals surface area contributed by atoms with Crippen molar-refractivity contribution in [3.8, 4) is 23.6 Å². The summed E-state index contributed by atoms with van der Waals surface area (Å²) in [6, 6.07) is 12.0. The quantitative estimate of drug-likeness (QED) is 0.648. The second kappa shape index (κ2) is 8.23. The van der Waals surface area contributed by atoms with E-state index in [2.05, 4.69) is 15.5 Å². The molecule has 2 N–H and O–H groups in total. The Hall–Kier alpha value is -3.89. The van der Waals surface area contributed by atoms with E-state index in [4.69, 9.17) is 14.9 Å². The van der Waals surface area contributed by atoms with Crippen LogP contribution in [0.5, 0.6) is 0 Å². The number of rotatable bonds is 5. The summed E-state index contributed by atoms with van der Waals surface area (Å²) < 4.78 is 45.1. The van der Waals surface area contributed by atoms with Gasteiger partial charge in [0.2, 0.25) is 11.8 Å². The number of aliphatic hydroxyl groups excluding tert-OH is 1. The summed E-state index contributed by atoms with van der Waals surface area (Å²) in [5.41, 5.74) is -0.603. The number of alkyl halides is 3. The summed E-state index contributed by atoms with van der Waals surface area (Å²) in [6.45, 7) is 1.41. The SMILES string of the molecule is C[C@H](O)C(Nc1ccc(C#N)c(C(F)(F)F)c1)c1nnc(-c2ccc(C#N)cc2)o1. The van der Waals surface area contributed by atoms with Crippen molar-refractivity contribution in [2.45, 2.75) is 25.2 Å². The van der Waals surface area contributed by atoms with Gasteiger partial charge in [-0.05, 0) is 49.4 Å². The number of hydrogen-bond acceptors (Lipinski definition) is 7. The van der Waals surface area contributed by atoms with Crippen LogP contribution in [0.4, 0.5) is 18.9 Å². The van der Waals surface area contributed by atoms with Crippen LogP contribution >= 0.6 is 0 Å². The summed E-state index contributed by atoms with van der Waals surface area (Å²) in [6.07, 6.45) is -5.81. The highest BCUT2D eigenvalue weighted by Gasteiger charge is 2.34. The van der Waals surface area contributed by atoms with E-state index in [1.165, 1.54) is 19.1 Å². The monoisotopic (exact) mass is 413 g/mol. The van der Waals surface area contributed by atoms with Gasteiger partial charge in [0.05, 0.1) is 34.9 Å². The van der Waals surface area contributed by atoms with Gasteiger partial charge in [0, 0.05) is 11.3 Å². The highest BCUT2D eigenvalue weighted by atomic mass is 19.4. The van der Waals surface area contributed by atoms with E-state index in [1.807, 2.05) is 6.07 Å². The normalized spacial score (nSPS) is 13.2. The number of hydrogen-bond donors (Lipinski definition) is 2. The fourth-order valence-electron chi connectivity index (χ4n) is 2.70. The Balaban J connectivity index is 1.90. The maximum absolute atomic E-state index is 13.2. The lowest BCUT2D eigenvalue weighted by Crippen LogP contribution is -2.23. The van der Waals surface area contributed by atoms with Crippen LogP contribution < -0.4 is 5.32 Å². The van der Waals surface area contributed by atoms with Crippen LogP contribution in [0.1, 0.15) is 35.5 Å². The molecule has 0 bridgehead atoms. The predicted molar refractivity (Wildman–Crippen MR) is 98.7 cm³/mol. The minimum absolute atomic E-state index is 0.0188. The Morgan fingerprint density at radius 2 is 1.77 bits per heavy atom. The zero-order valence-corrected chi connectivity index (χ0v) is 15.5. The fourth-order valence-corrected chi connectivity index (χ4v) is 2.70. The van der Waals surface area contributed by atoms with Crippen molar-refractivity contribution >= 4 is 5.69 Å². The number of aliphatic hydroxyl groups is 1. The van der Waals surface area contributed by atoms with E-state index in [0.29, 0.717) is 11.1 Å². The predicted octanol–water partition coefficient (Wildman–Crippen LogP) is 4.03. The van der Waals surface area contributed by atoms with Crippen LogP contribution in [0.2, 0.25) is 0 Å². The van der Waals surface area contributed by atoms with Gasteiger partial charge in [-0.2, -0.15) is 23.7 Å². The first kappa shape index (κ1) is 20.8. The molecule has 1 aromatic heterocycles. The van der Waals surface area contributed by atoms with Crippen molar-refractivity contribution in [2.24, 2.45) is 0 Å². The molecule has 30 heavy (non-hydrogen) atoms. The van der Waals surface area contributed by atoms with Crippen molar-refractivity contribution in [3.05, 3.63) is 65.0 Å². The summed E-state index contributed by atoms with van der Waals surface area (Å²) in [5, 5.41) is 38.4. The molecule has 0 aliphatic carbocycles. The van der Waals surface area contributed by atoms with Crippen LogP contribution in [-0.2, 0) is 6.18 Å². The molecule has 10 heteroatoms. The molecule has 0 fully saturated rings. The zero-order chi connectivity index (χ0) is 21.9. The first-order valence-corrected chi connectivity index (χ1v) is 8.63. The van der Waals surface area contributed by atoms with Gasteiger partial charge >= 0.3 is 6.18 Å². The molecule has 0 spiro atoms. The zero-order valence-electron chi connectivity index (χ0n) is 15.5. The minimum atomic E-state index is -4.71. The number of nitrogens with zero attached hydrogens (tertiary/aromatic N) is 4. The number of nitriles is 2. The van der Waals surface area contributed by atoms with Gasteiger partial charge in [0.25, 0.3) is 0 Å². The van der Waals surface area contributed by atoms with E-state index in [9.17, 15) is 18.3 Å². The average Bonchev–Trinajstić information content (AvgIpc) is 3.20. The van der Waals surface area contributed by atoms with E-state index in [-0.39, 0.29) is 17.5 Å². The molecule has 3 aromatic rings. The first-order chi connectivity index (χ1) is 14.2. The van der Waals surface area contributed by atoms with Crippen molar-refractivity contribution in [1.29, 1.82) is 10.5 Å². The Bertz CT molecular complexity index is 1130. The van der Waals surface area contributed by atoms with Crippen molar-refractivity contribution in [2.75, 3.05) is 5.32 Å². The molecule has 0 radical (unpaired) electrons. The topological polar surface area (TPSA) is 119 Å². The lowest BCUT2D eigenvalue weighted by atomic mass is 10.1. The van der Waals surface area contributed by atoms with Crippen LogP contribution in [0, 0.1) is 22.7 Å². The van der Waals surface area contributed by atoms with Crippen molar-refractivity contribution < 1.29 is 22.7 Å². The van der Waals surface area contributed by atoms with Crippen molar-refractivity contribution in [3.63, 3.8) is 0 Å². The lowest BCUT2D eigenvalue weighted by molar-refractivity contribution is -0.137. The van der Waals surface area contributed by atoms with Gasteiger partial charge in [-0.1, -0.05) is 0 Å². The summed E-state index contributed by atoms with van der Waals surface area (Å²) in [7, 11) is 0. The van der Waals surface area contributed by atoms with Gasteiger partial charge in [0.1, 0.15) is 6.04 Å². The molecule has 3 rings (SSSR count). The smallest absolute Gasteiger partial charge is 0.417 e. The summed E-state index contributed by atoms with van der Waals surface area (Å²) in [4.78, 5) is 0. The van der Waals surface area contributed by atoms with Crippen LogP contribution in [0.25, 0.3) is 11.5 Å². The minimum Gasteiger partial charge on any atom is -0.418 e. The molecule has 0 aliphatic rings. The highest BCUT2D eigenvalue weighted by molar-refractivity contribution is 5.55. The summed E-state index contributed by atoms with van der Waals surface area (Å²) >= 11 is 0. The standard InChI is InChI=1S/C20H14F3N5O2/c1-11(29)17(26-15-7-6-14(10-25)16(8-15)20(21,22)23)19-28-27-18(30-19)13-4-2-12(9-24)3-5-13/h2-8,11,17,26,29H,1H3/t11-,17?/m0/s1. The van der Waals surface area contributed by atoms with Gasteiger partial charge in [-0.3, -0.25) is 0 Å². The van der Waals surface area contributed by atoms with Crippen LogP contribution in [-0.4, -0.2) is 21.4 Å². The molecule has 1 heterocycles. The molecule has 152 valence electrons. The maximum atomic E-state index is 13.2. The number of aromatic nitrogens is 2. The van der Waals surface area contributed by atoms with Gasteiger partial charge in [-0.25, -0.2) is 0 Å². The Labute approximate surface area is 169 Å². The van der Waals surface area contributed by atoms with Gasteiger partial charge < -0.3 is 14.8 Å². The molecule has 0 saturated heterocycles. The molecule has 0 amide bonds. The second-order valence-electron chi connectivity index (χ2n) is 6.37.